The van der Waals surface area contributed by atoms with E-state index in [1.165, 1.54) is 12.1 Å². The molecule has 3 rings (SSSR count). The number of carbonyl (C=O) groups excluding carboxylic acids is 1. The summed E-state index contributed by atoms with van der Waals surface area (Å²) in [6.07, 6.45) is 0. The van der Waals surface area contributed by atoms with Crippen molar-refractivity contribution in [1.29, 1.82) is 0 Å². The van der Waals surface area contributed by atoms with Crippen LogP contribution in [0.25, 0.3) is 10.2 Å². The topological polar surface area (TPSA) is 42.0 Å². The summed E-state index contributed by atoms with van der Waals surface area (Å²) in [7, 11) is 0. The standard InChI is InChI=1S/C14H6Cl2F2N2OS/c15-6-1-2-9(16)8(3-6)13(21)20-14-19-12-10(18)4-7(17)5-11(12)22-14/h1-5H,(H,19,20,21). The van der Waals surface area contributed by atoms with Crippen LogP contribution in [0.1, 0.15) is 10.4 Å². The van der Waals surface area contributed by atoms with Gasteiger partial charge in [0.2, 0.25) is 0 Å². The number of anilines is 1. The number of halogens is 4. The summed E-state index contributed by atoms with van der Waals surface area (Å²) >= 11 is 12.7. The molecule has 0 unspecified atom stereocenters. The Bertz CT molecular complexity index is 898. The van der Waals surface area contributed by atoms with Crippen LogP contribution in [0.2, 0.25) is 10.0 Å². The maximum absolute atomic E-state index is 13.6. The van der Waals surface area contributed by atoms with Gasteiger partial charge in [0.15, 0.2) is 10.9 Å². The van der Waals surface area contributed by atoms with Gasteiger partial charge >= 0.3 is 0 Å². The van der Waals surface area contributed by atoms with Crippen molar-refractivity contribution in [2.24, 2.45) is 0 Å². The van der Waals surface area contributed by atoms with E-state index in [0.29, 0.717) is 9.72 Å². The van der Waals surface area contributed by atoms with Crippen molar-refractivity contribution in [2.75, 3.05) is 5.32 Å². The first-order valence-corrected chi connectivity index (χ1v) is 7.53. The monoisotopic (exact) mass is 358 g/mol. The van der Waals surface area contributed by atoms with E-state index in [1.807, 2.05) is 0 Å². The van der Waals surface area contributed by atoms with Gasteiger partial charge in [-0.15, -0.1) is 0 Å². The van der Waals surface area contributed by atoms with E-state index in [4.69, 9.17) is 23.2 Å². The molecule has 2 aromatic carbocycles. The average Bonchev–Trinajstić information content (AvgIpc) is 2.84. The van der Waals surface area contributed by atoms with Crippen molar-refractivity contribution in [1.82, 2.24) is 4.98 Å². The Hall–Kier alpha value is -1.76. The number of fused-ring (bicyclic) bond motifs is 1. The molecule has 0 spiro atoms. The number of carbonyl (C=O) groups is 1. The number of rotatable bonds is 2. The van der Waals surface area contributed by atoms with Crippen LogP contribution in [0, 0.1) is 11.6 Å². The predicted octanol–water partition coefficient (Wildman–Crippen LogP) is 5.13. The zero-order valence-electron chi connectivity index (χ0n) is 10.7. The summed E-state index contributed by atoms with van der Waals surface area (Å²) in [5.74, 6) is -2.02. The highest BCUT2D eigenvalue weighted by atomic mass is 35.5. The summed E-state index contributed by atoms with van der Waals surface area (Å²) in [6.45, 7) is 0. The first kappa shape index (κ1) is 15.1. The number of amides is 1. The molecule has 3 nitrogen and oxygen atoms in total. The molecule has 0 bridgehead atoms. The maximum Gasteiger partial charge on any atom is 0.259 e. The van der Waals surface area contributed by atoms with E-state index in [1.54, 1.807) is 6.07 Å². The Morgan fingerprint density at radius 2 is 1.95 bits per heavy atom. The molecule has 112 valence electrons. The fourth-order valence-electron chi connectivity index (χ4n) is 1.85. The van der Waals surface area contributed by atoms with Crippen LogP contribution in [-0.2, 0) is 0 Å². The van der Waals surface area contributed by atoms with E-state index in [2.05, 4.69) is 10.3 Å². The van der Waals surface area contributed by atoms with E-state index < -0.39 is 17.5 Å². The highest BCUT2D eigenvalue weighted by Gasteiger charge is 2.15. The minimum absolute atomic E-state index is 0.00103. The third-order valence-electron chi connectivity index (χ3n) is 2.81. The van der Waals surface area contributed by atoms with E-state index in [-0.39, 0.29) is 21.2 Å². The lowest BCUT2D eigenvalue weighted by Crippen LogP contribution is -2.12. The molecular formula is C14H6Cl2F2N2OS. The number of aromatic nitrogens is 1. The van der Waals surface area contributed by atoms with Gasteiger partial charge in [0.1, 0.15) is 11.3 Å². The Balaban J connectivity index is 1.94. The fraction of sp³-hybridized carbons (Fsp3) is 0. The van der Waals surface area contributed by atoms with Gasteiger partial charge in [0, 0.05) is 11.1 Å². The van der Waals surface area contributed by atoms with Crippen LogP contribution in [0.3, 0.4) is 0 Å². The molecule has 22 heavy (non-hydrogen) atoms. The highest BCUT2D eigenvalue weighted by molar-refractivity contribution is 7.22. The zero-order chi connectivity index (χ0) is 15.9. The average molecular weight is 359 g/mol. The van der Waals surface area contributed by atoms with Crippen LogP contribution < -0.4 is 5.32 Å². The molecule has 1 N–H and O–H groups in total. The van der Waals surface area contributed by atoms with Crippen molar-refractivity contribution < 1.29 is 13.6 Å². The summed E-state index contributed by atoms with van der Waals surface area (Å²) in [4.78, 5) is 16.1. The van der Waals surface area contributed by atoms with Crippen LogP contribution in [0.4, 0.5) is 13.9 Å². The van der Waals surface area contributed by atoms with Gasteiger partial charge in [0.05, 0.1) is 15.3 Å². The van der Waals surface area contributed by atoms with Crippen LogP contribution in [-0.4, -0.2) is 10.9 Å². The van der Waals surface area contributed by atoms with Gasteiger partial charge in [-0.05, 0) is 24.3 Å². The molecule has 8 heteroatoms. The van der Waals surface area contributed by atoms with E-state index in [0.717, 1.165) is 23.5 Å². The van der Waals surface area contributed by atoms with E-state index in [9.17, 15) is 13.6 Å². The van der Waals surface area contributed by atoms with Crippen LogP contribution in [0.5, 0.6) is 0 Å². The number of thiazole rings is 1. The molecule has 1 aromatic heterocycles. The molecule has 3 aromatic rings. The van der Waals surface area contributed by atoms with Gasteiger partial charge in [-0.2, -0.15) is 0 Å². The fourth-order valence-corrected chi connectivity index (χ4v) is 3.12. The second-order valence-corrected chi connectivity index (χ2v) is 6.21. The smallest absolute Gasteiger partial charge is 0.259 e. The molecule has 0 atom stereocenters. The highest BCUT2D eigenvalue weighted by Crippen LogP contribution is 2.29. The van der Waals surface area contributed by atoms with Crippen LogP contribution >= 0.6 is 34.5 Å². The molecule has 1 heterocycles. The number of nitrogens with one attached hydrogen (secondary N) is 1. The number of hydrogen-bond acceptors (Lipinski definition) is 3. The molecule has 1 amide bonds. The number of benzene rings is 2. The number of nitrogens with zero attached hydrogens (tertiary/aromatic N) is 1. The third-order valence-corrected chi connectivity index (χ3v) is 4.29. The Labute approximate surface area is 137 Å². The van der Waals surface area contributed by atoms with Crippen molar-refractivity contribution in [3.63, 3.8) is 0 Å². The molecule has 0 radical (unpaired) electrons. The third kappa shape index (κ3) is 2.90. The van der Waals surface area contributed by atoms with Gasteiger partial charge in [0.25, 0.3) is 5.91 Å². The molecule has 0 aliphatic carbocycles. The number of hydrogen-bond donors (Lipinski definition) is 1. The normalized spacial score (nSPS) is 10.9. The summed E-state index contributed by atoms with van der Waals surface area (Å²) in [5.41, 5.74) is 0.166. The summed E-state index contributed by atoms with van der Waals surface area (Å²) in [6, 6.07) is 6.34. The molecule has 0 fully saturated rings. The van der Waals surface area contributed by atoms with Crippen molar-refractivity contribution >= 4 is 55.8 Å². The summed E-state index contributed by atoms with van der Waals surface area (Å²) in [5, 5.41) is 3.21. The first-order chi connectivity index (χ1) is 10.4. The quantitative estimate of drug-likeness (QED) is 0.689. The molecule has 0 aliphatic heterocycles. The lowest BCUT2D eigenvalue weighted by Gasteiger charge is -2.04. The van der Waals surface area contributed by atoms with Crippen molar-refractivity contribution in [3.05, 3.63) is 57.6 Å². The maximum atomic E-state index is 13.6. The second kappa shape index (κ2) is 5.79. The molecule has 0 aliphatic rings. The minimum Gasteiger partial charge on any atom is -0.298 e. The summed E-state index contributed by atoms with van der Waals surface area (Å²) < 4.78 is 27.0. The van der Waals surface area contributed by atoms with E-state index >= 15 is 0 Å². The van der Waals surface area contributed by atoms with Crippen molar-refractivity contribution in [3.8, 4) is 0 Å². The predicted molar refractivity (Wildman–Crippen MR) is 84.0 cm³/mol. The second-order valence-electron chi connectivity index (χ2n) is 4.33. The Morgan fingerprint density at radius 1 is 1.18 bits per heavy atom. The minimum atomic E-state index is -0.785. The molecule has 0 saturated carbocycles. The van der Waals surface area contributed by atoms with Crippen LogP contribution in [0.15, 0.2) is 30.3 Å². The Morgan fingerprint density at radius 3 is 2.73 bits per heavy atom. The SMILES string of the molecule is O=C(Nc1nc2c(F)cc(F)cc2s1)c1cc(Cl)ccc1Cl. The van der Waals surface area contributed by atoms with Gasteiger partial charge in [-0.25, -0.2) is 13.8 Å². The van der Waals surface area contributed by atoms with Gasteiger partial charge in [-0.1, -0.05) is 34.5 Å². The molecular weight excluding hydrogens is 353 g/mol. The lowest BCUT2D eigenvalue weighted by atomic mass is 10.2. The largest absolute Gasteiger partial charge is 0.298 e. The Kier molecular flexibility index (Phi) is 3.99. The lowest BCUT2D eigenvalue weighted by molar-refractivity contribution is 0.102. The first-order valence-electron chi connectivity index (χ1n) is 5.96. The van der Waals surface area contributed by atoms with Gasteiger partial charge < -0.3 is 0 Å². The van der Waals surface area contributed by atoms with Gasteiger partial charge in [-0.3, -0.25) is 10.1 Å². The van der Waals surface area contributed by atoms with Crippen molar-refractivity contribution in [2.45, 2.75) is 0 Å². The zero-order valence-corrected chi connectivity index (χ0v) is 13.0. The molecule has 0 saturated heterocycles.